The van der Waals surface area contributed by atoms with Crippen molar-refractivity contribution < 1.29 is 0 Å². The van der Waals surface area contributed by atoms with Gasteiger partial charge in [0.15, 0.2) is 0 Å². The Hall–Kier alpha value is -1.71. The van der Waals surface area contributed by atoms with Gasteiger partial charge in [0, 0.05) is 32.0 Å². The molecule has 1 aromatic carbocycles. The Kier molecular flexibility index (Phi) is 3.09. The summed E-state index contributed by atoms with van der Waals surface area (Å²) in [6, 6.07) is 14.7. The highest BCUT2D eigenvalue weighted by molar-refractivity contribution is 5.38. The minimum atomic E-state index is -0.159. The van der Waals surface area contributed by atoms with Crippen LogP contribution in [-0.4, -0.2) is 24.6 Å². The molecule has 1 aliphatic heterocycles. The summed E-state index contributed by atoms with van der Waals surface area (Å²) < 4.78 is 0. The molecule has 0 unspecified atom stereocenters. The van der Waals surface area contributed by atoms with E-state index in [1.807, 2.05) is 18.5 Å². The zero-order valence-corrected chi connectivity index (χ0v) is 10.3. The fraction of sp³-hybridized carbons (Fsp3) is 0.267. The first-order valence-electron chi connectivity index (χ1n) is 6.34. The third-order valence-electron chi connectivity index (χ3n) is 3.54. The van der Waals surface area contributed by atoms with E-state index in [9.17, 15) is 0 Å². The van der Waals surface area contributed by atoms with Gasteiger partial charge in [0.1, 0.15) is 0 Å². The third kappa shape index (κ3) is 1.92. The second-order valence-electron chi connectivity index (χ2n) is 4.62. The number of rotatable bonds is 2. The van der Waals surface area contributed by atoms with Gasteiger partial charge in [0.05, 0.1) is 5.54 Å². The highest BCUT2D eigenvalue weighted by Crippen LogP contribution is 2.29. The van der Waals surface area contributed by atoms with E-state index in [1.54, 1.807) is 0 Å². The maximum atomic E-state index is 4.26. The number of hydrogen-bond donors (Lipinski definition) is 2. The quantitative estimate of drug-likeness (QED) is 0.834. The fourth-order valence-electron chi connectivity index (χ4n) is 2.62. The van der Waals surface area contributed by atoms with E-state index in [1.165, 1.54) is 11.1 Å². The molecule has 0 saturated carbocycles. The number of aromatic nitrogens is 1. The van der Waals surface area contributed by atoms with E-state index in [4.69, 9.17) is 0 Å². The molecule has 3 heteroatoms. The molecular formula is C15H17N3. The minimum Gasteiger partial charge on any atom is -0.313 e. The zero-order chi connectivity index (χ0) is 12.3. The predicted molar refractivity (Wildman–Crippen MR) is 72.3 cm³/mol. The lowest BCUT2D eigenvalue weighted by Gasteiger charge is -2.39. The summed E-state index contributed by atoms with van der Waals surface area (Å²) >= 11 is 0. The molecule has 3 nitrogen and oxygen atoms in total. The predicted octanol–water partition coefficient (Wildman–Crippen LogP) is 1.52. The van der Waals surface area contributed by atoms with E-state index < -0.39 is 0 Å². The van der Waals surface area contributed by atoms with Gasteiger partial charge in [0.25, 0.3) is 0 Å². The lowest BCUT2D eigenvalue weighted by Crippen LogP contribution is -2.57. The zero-order valence-electron chi connectivity index (χ0n) is 10.3. The van der Waals surface area contributed by atoms with Crippen molar-refractivity contribution >= 4 is 0 Å². The Morgan fingerprint density at radius 1 is 0.944 bits per heavy atom. The molecule has 1 saturated heterocycles. The highest BCUT2D eigenvalue weighted by atomic mass is 15.1. The third-order valence-corrected chi connectivity index (χ3v) is 3.54. The first kappa shape index (κ1) is 11.4. The van der Waals surface area contributed by atoms with Crippen molar-refractivity contribution in [3.63, 3.8) is 0 Å². The monoisotopic (exact) mass is 239 g/mol. The maximum absolute atomic E-state index is 4.26. The maximum Gasteiger partial charge on any atom is 0.0832 e. The van der Waals surface area contributed by atoms with Crippen LogP contribution in [0.15, 0.2) is 54.9 Å². The van der Waals surface area contributed by atoms with Gasteiger partial charge in [-0.15, -0.1) is 0 Å². The van der Waals surface area contributed by atoms with Crippen molar-refractivity contribution in [2.75, 3.05) is 19.6 Å². The molecule has 0 radical (unpaired) electrons. The van der Waals surface area contributed by atoms with E-state index >= 15 is 0 Å². The van der Waals surface area contributed by atoms with Crippen molar-refractivity contribution in [2.45, 2.75) is 5.54 Å². The van der Waals surface area contributed by atoms with Crippen LogP contribution in [0.25, 0.3) is 0 Å². The summed E-state index contributed by atoms with van der Waals surface area (Å²) in [5.74, 6) is 0. The molecule has 0 amide bonds. The topological polar surface area (TPSA) is 37.0 Å². The van der Waals surface area contributed by atoms with E-state index in [0.717, 1.165) is 19.6 Å². The summed E-state index contributed by atoms with van der Waals surface area (Å²) in [6.07, 6.45) is 3.77. The van der Waals surface area contributed by atoms with Crippen LogP contribution in [0.5, 0.6) is 0 Å². The van der Waals surface area contributed by atoms with Gasteiger partial charge in [-0.1, -0.05) is 36.4 Å². The largest absolute Gasteiger partial charge is 0.313 e. The summed E-state index contributed by atoms with van der Waals surface area (Å²) in [5, 5.41) is 7.15. The first-order chi connectivity index (χ1) is 8.92. The van der Waals surface area contributed by atoms with Gasteiger partial charge in [-0.3, -0.25) is 4.98 Å². The van der Waals surface area contributed by atoms with E-state index in [0.29, 0.717) is 0 Å². The van der Waals surface area contributed by atoms with Gasteiger partial charge in [0.2, 0.25) is 0 Å². The number of hydrogen-bond acceptors (Lipinski definition) is 3. The molecule has 1 atom stereocenters. The number of nitrogens with one attached hydrogen (secondary N) is 2. The van der Waals surface area contributed by atoms with E-state index in [2.05, 4.69) is 52.0 Å². The van der Waals surface area contributed by atoms with Gasteiger partial charge in [-0.05, 0) is 17.2 Å². The van der Waals surface area contributed by atoms with Crippen LogP contribution in [0.2, 0.25) is 0 Å². The molecule has 18 heavy (non-hydrogen) atoms. The Morgan fingerprint density at radius 2 is 1.78 bits per heavy atom. The smallest absolute Gasteiger partial charge is 0.0832 e. The molecule has 0 aliphatic carbocycles. The van der Waals surface area contributed by atoms with Crippen LogP contribution in [0.1, 0.15) is 11.1 Å². The van der Waals surface area contributed by atoms with Crippen molar-refractivity contribution in [1.82, 2.24) is 15.6 Å². The Bertz CT molecular complexity index is 448. The summed E-state index contributed by atoms with van der Waals surface area (Å²) in [5.41, 5.74) is 2.34. The molecule has 3 rings (SSSR count). The average Bonchev–Trinajstić information content (AvgIpc) is 2.50. The van der Waals surface area contributed by atoms with Crippen molar-refractivity contribution in [2.24, 2.45) is 0 Å². The molecule has 2 N–H and O–H groups in total. The molecule has 0 spiro atoms. The molecule has 1 aromatic heterocycles. The molecule has 2 heterocycles. The number of nitrogens with zero attached hydrogens (tertiary/aromatic N) is 1. The molecule has 1 aliphatic rings. The van der Waals surface area contributed by atoms with Crippen LogP contribution in [-0.2, 0) is 5.54 Å². The van der Waals surface area contributed by atoms with Gasteiger partial charge in [-0.2, -0.15) is 0 Å². The first-order valence-corrected chi connectivity index (χ1v) is 6.34. The fourth-order valence-corrected chi connectivity index (χ4v) is 2.62. The molecule has 0 bridgehead atoms. The van der Waals surface area contributed by atoms with E-state index in [-0.39, 0.29) is 5.54 Å². The number of benzene rings is 1. The summed E-state index contributed by atoms with van der Waals surface area (Å²) in [6.45, 7) is 2.86. The number of pyridine rings is 1. The van der Waals surface area contributed by atoms with Gasteiger partial charge < -0.3 is 10.6 Å². The normalized spacial score (nSPS) is 23.8. The van der Waals surface area contributed by atoms with Gasteiger partial charge in [-0.25, -0.2) is 0 Å². The molecular weight excluding hydrogens is 222 g/mol. The van der Waals surface area contributed by atoms with Crippen molar-refractivity contribution in [3.8, 4) is 0 Å². The van der Waals surface area contributed by atoms with Gasteiger partial charge >= 0.3 is 0 Å². The van der Waals surface area contributed by atoms with Crippen LogP contribution in [0.4, 0.5) is 0 Å². The number of piperazine rings is 1. The molecule has 2 aromatic rings. The Labute approximate surface area is 107 Å². The highest BCUT2D eigenvalue weighted by Gasteiger charge is 2.35. The molecule has 1 fully saturated rings. The second kappa shape index (κ2) is 4.88. The van der Waals surface area contributed by atoms with Crippen LogP contribution < -0.4 is 10.6 Å². The van der Waals surface area contributed by atoms with Crippen LogP contribution in [0, 0.1) is 0 Å². The van der Waals surface area contributed by atoms with Crippen molar-refractivity contribution in [3.05, 3.63) is 66.0 Å². The average molecular weight is 239 g/mol. The lowest BCUT2D eigenvalue weighted by atomic mass is 9.82. The summed E-state index contributed by atoms with van der Waals surface area (Å²) in [4.78, 5) is 4.26. The standard InChI is InChI=1S/C15H17N3/c1-2-5-13(6-3-1)15(12-17-9-10-18-15)14-7-4-8-16-11-14/h1-8,11,17-18H,9-10,12H2/t15-/m1/s1. The lowest BCUT2D eigenvalue weighted by molar-refractivity contribution is 0.329. The van der Waals surface area contributed by atoms with Crippen molar-refractivity contribution in [1.29, 1.82) is 0 Å². The van der Waals surface area contributed by atoms with Crippen LogP contribution in [0.3, 0.4) is 0 Å². The summed E-state index contributed by atoms with van der Waals surface area (Å²) in [7, 11) is 0. The second-order valence-corrected chi connectivity index (χ2v) is 4.62. The molecule has 92 valence electrons. The Morgan fingerprint density at radius 3 is 2.44 bits per heavy atom. The SMILES string of the molecule is c1ccc([C@@]2(c3cccnc3)CNCCN2)cc1. The Balaban J connectivity index is 2.10. The minimum absolute atomic E-state index is 0.159. The van der Waals surface area contributed by atoms with Crippen LogP contribution >= 0.6 is 0 Å².